The summed E-state index contributed by atoms with van der Waals surface area (Å²) in [4.78, 5) is 0.0109. The second kappa shape index (κ2) is 6.77. The van der Waals surface area contributed by atoms with E-state index in [0.717, 1.165) is 0 Å². The molecule has 2 N–H and O–H groups in total. The molecule has 3 rings (SSSR count). The lowest BCUT2D eigenvalue weighted by Crippen LogP contribution is -2.13. The fourth-order valence-electron chi connectivity index (χ4n) is 2.46. The number of primary sulfonamides is 1. The molecule has 0 aliphatic rings. The van der Waals surface area contributed by atoms with Crippen molar-refractivity contribution in [2.24, 2.45) is 5.14 Å². The zero-order valence-corrected chi connectivity index (χ0v) is 15.2. The molecule has 0 bridgehead atoms. The highest BCUT2D eigenvalue weighted by molar-refractivity contribution is 7.89. The van der Waals surface area contributed by atoms with Gasteiger partial charge in [0.1, 0.15) is 11.5 Å². The van der Waals surface area contributed by atoms with Crippen molar-refractivity contribution in [2.75, 3.05) is 14.2 Å². The molecule has 2 aromatic carbocycles. The van der Waals surface area contributed by atoms with E-state index in [1.54, 1.807) is 44.4 Å². The van der Waals surface area contributed by atoms with Crippen LogP contribution in [0, 0.1) is 6.92 Å². The Kier molecular flexibility index (Phi) is 4.66. The molecule has 0 spiro atoms. The number of sulfonamides is 1. The van der Waals surface area contributed by atoms with Crippen LogP contribution in [0.4, 0.5) is 0 Å². The number of benzene rings is 2. The zero-order chi connectivity index (χ0) is 18.9. The first kappa shape index (κ1) is 17.9. The van der Waals surface area contributed by atoms with Gasteiger partial charge in [-0.15, -0.1) is 10.2 Å². The van der Waals surface area contributed by atoms with Crippen LogP contribution in [0.1, 0.15) is 5.56 Å². The first-order valence-corrected chi connectivity index (χ1v) is 9.08. The highest BCUT2D eigenvalue weighted by atomic mass is 32.2. The predicted molar refractivity (Wildman–Crippen MR) is 94.4 cm³/mol. The molecule has 0 saturated carbocycles. The Bertz CT molecular complexity index is 1060. The van der Waals surface area contributed by atoms with E-state index < -0.39 is 10.0 Å². The quantitative estimate of drug-likeness (QED) is 0.727. The molecule has 0 radical (unpaired) electrons. The average Bonchev–Trinajstić information content (AvgIpc) is 3.10. The Morgan fingerprint density at radius 2 is 1.73 bits per heavy atom. The summed E-state index contributed by atoms with van der Waals surface area (Å²) >= 11 is 0. The fourth-order valence-corrected chi connectivity index (χ4v) is 3.27. The lowest BCUT2D eigenvalue weighted by atomic mass is 10.1. The van der Waals surface area contributed by atoms with Crippen molar-refractivity contribution in [3.63, 3.8) is 0 Å². The van der Waals surface area contributed by atoms with E-state index in [4.69, 9.17) is 19.0 Å². The molecule has 8 nitrogen and oxygen atoms in total. The Morgan fingerprint density at radius 1 is 1.00 bits per heavy atom. The number of nitrogens with zero attached hydrogens (tertiary/aromatic N) is 2. The summed E-state index contributed by atoms with van der Waals surface area (Å²) in [6, 6.07) is 9.91. The second-order valence-corrected chi connectivity index (χ2v) is 7.03. The van der Waals surface area contributed by atoms with E-state index in [-0.39, 0.29) is 16.7 Å². The smallest absolute Gasteiger partial charge is 0.251 e. The maximum atomic E-state index is 11.7. The molecule has 9 heteroatoms. The van der Waals surface area contributed by atoms with Gasteiger partial charge in [-0.25, -0.2) is 13.6 Å². The maximum absolute atomic E-state index is 11.7. The molecule has 1 heterocycles. The molecule has 26 heavy (non-hydrogen) atoms. The fraction of sp³-hybridized carbons (Fsp3) is 0.176. The Labute approximate surface area is 150 Å². The van der Waals surface area contributed by atoms with Gasteiger partial charge < -0.3 is 13.9 Å². The molecule has 0 saturated heterocycles. The van der Waals surface area contributed by atoms with Crippen LogP contribution in [-0.2, 0) is 10.0 Å². The van der Waals surface area contributed by atoms with Gasteiger partial charge in [-0.1, -0.05) is 6.07 Å². The number of hydrogen-bond donors (Lipinski definition) is 1. The normalized spacial score (nSPS) is 11.4. The van der Waals surface area contributed by atoms with Gasteiger partial charge in [-0.3, -0.25) is 0 Å². The molecule has 3 aromatic rings. The first-order chi connectivity index (χ1) is 12.3. The summed E-state index contributed by atoms with van der Waals surface area (Å²) in [5, 5.41) is 13.3. The number of rotatable bonds is 5. The van der Waals surface area contributed by atoms with Crippen molar-refractivity contribution in [3.8, 4) is 34.4 Å². The summed E-state index contributed by atoms with van der Waals surface area (Å²) in [6.45, 7) is 1.66. The van der Waals surface area contributed by atoms with Gasteiger partial charge >= 0.3 is 0 Å². The van der Waals surface area contributed by atoms with Gasteiger partial charge in [0.05, 0.1) is 24.7 Å². The summed E-state index contributed by atoms with van der Waals surface area (Å²) < 4.78 is 39.6. The van der Waals surface area contributed by atoms with Gasteiger partial charge in [0.15, 0.2) is 0 Å². The Balaban J connectivity index is 2.04. The number of nitrogens with two attached hydrogens (primary N) is 1. The molecule has 0 amide bonds. The molecule has 0 atom stereocenters. The van der Waals surface area contributed by atoms with E-state index in [0.29, 0.717) is 28.2 Å². The van der Waals surface area contributed by atoms with Crippen molar-refractivity contribution < 1.29 is 22.3 Å². The molecule has 136 valence electrons. The van der Waals surface area contributed by atoms with Gasteiger partial charge in [0, 0.05) is 11.6 Å². The summed E-state index contributed by atoms with van der Waals surface area (Å²) in [7, 11) is -0.774. The monoisotopic (exact) mass is 375 g/mol. The summed E-state index contributed by atoms with van der Waals surface area (Å²) in [6.07, 6.45) is 0. The van der Waals surface area contributed by atoms with E-state index in [1.165, 1.54) is 13.2 Å². The molecular formula is C17H17N3O5S. The first-order valence-electron chi connectivity index (χ1n) is 7.53. The van der Waals surface area contributed by atoms with E-state index in [9.17, 15) is 8.42 Å². The lowest BCUT2D eigenvalue weighted by Gasteiger charge is -2.07. The molecule has 0 unspecified atom stereocenters. The third kappa shape index (κ3) is 3.39. The largest absolute Gasteiger partial charge is 0.497 e. The minimum absolute atomic E-state index is 0.0109. The number of aromatic nitrogens is 2. The Hall–Kier alpha value is -2.91. The number of hydrogen-bond acceptors (Lipinski definition) is 7. The highest BCUT2D eigenvalue weighted by Gasteiger charge is 2.18. The predicted octanol–water partition coefficient (Wildman–Crippen LogP) is 2.38. The summed E-state index contributed by atoms with van der Waals surface area (Å²) in [5.74, 6) is 1.54. The minimum atomic E-state index is -3.85. The van der Waals surface area contributed by atoms with Crippen LogP contribution in [0.15, 0.2) is 45.7 Å². The summed E-state index contributed by atoms with van der Waals surface area (Å²) in [5.41, 5.74) is 1.57. The van der Waals surface area contributed by atoms with E-state index in [2.05, 4.69) is 10.2 Å². The van der Waals surface area contributed by atoms with E-state index in [1.807, 2.05) is 0 Å². The SMILES string of the molecule is COc1ccc(-c2nnc(-c3ccc(C)c(S(N)(=O)=O)c3)o2)c(OC)c1. The van der Waals surface area contributed by atoms with Crippen molar-refractivity contribution in [3.05, 3.63) is 42.0 Å². The van der Waals surface area contributed by atoms with Gasteiger partial charge in [0.25, 0.3) is 5.89 Å². The second-order valence-electron chi connectivity index (χ2n) is 5.50. The average molecular weight is 375 g/mol. The van der Waals surface area contributed by atoms with Crippen LogP contribution < -0.4 is 14.6 Å². The minimum Gasteiger partial charge on any atom is -0.497 e. The lowest BCUT2D eigenvalue weighted by molar-refractivity contribution is 0.394. The number of methoxy groups -OCH3 is 2. The third-order valence-electron chi connectivity index (χ3n) is 3.81. The van der Waals surface area contributed by atoms with Gasteiger partial charge in [-0.05, 0) is 36.8 Å². The van der Waals surface area contributed by atoms with Gasteiger partial charge in [0.2, 0.25) is 15.9 Å². The molecule has 0 aliphatic heterocycles. The molecule has 1 aromatic heterocycles. The van der Waals surface area contributed by atoms with E-state index >= 15 is 0 Å². The third-order valence-corrected chi connectivity index (χ3v) is 4.86. The van der Waals surface area contributed by atoms with Crippen LogP contribution in [-0.4, -0.2) is 32.8 Å². The van der Waals surface area contributed by atoms with Crippen molar-refractivity contribution >= 4 is 10.0 Å². The molecular weight excluding hydrogens is 358 g/mol. The number of aryl methyl sites for hydroxylation is 1. The van der Waals surface area contributed by atoms with Crippen LogP contribution in [0.5, 0.6) is 11.5 Å². The van der Waals surface area contributed by atoms with Crippen molar-refractivity contribution in [2.45, 2.75) is 11.8 Å². The molecule has 0 fully saturated rings. The Morgan fingerprint density at radius 3 is 2.38 bits per heavy atom. The highest BCUT2D eigenvalue weighted by Crippen LogP contribution is 2.34. The standard InChI is InChI=1S/C17H17N3O5S/c1-10-4-5-11(8-15(10)26(18,21)22)16-19-20-17(25-16)13-7-6-12(23-2)9-14(13)24-3/h4-9H,1-3H3,(H2,18,21,22). The zero-order valence-electron chi connectivity index (χ0n) is 14.4. The van der Waals surface area contributed by atoms with Crippen molar-refractivity contribution in [1.82, 2.24) is 10.2 Å². The van der Waals surface area contributed by atoms with Crippen LogP contribution in [0.3, 0.4) is 0 Å². The number of ether oxygens (including phenoxy) is 2. The maximum Gasteiger partial charge on any atom is 0.251 e. The topological polar surface area (TPSA) is 118 Å². The van der Waals surface area contributed by atoms with Crippen LogP contribution in [0.2, 0.25) is 0 Å². The van der Waals surface area contributed by atoms with Crippen LogP contribution in [0.25, 0.3) is 22.9 Å². The van der Waals surface area contributed by atoms with Gasteiger partial charge in [-0.2, -0.15) is 0 Å². The molecule has 0 aliphatic carbocycles. The van der Waals surface area contributed by atoms with Crippen LogP contribution >= 0.6 is 0 Å². The van der Waals surface area contributed by atoms with Crippen molar-refractivity contribution in [1.29, 1.82) is 0 Å².